The van der Waals surface area contributed by atoms with Crippen molar-refractivity contribution in [3.8, 4) is 0 Å². The Labute approximate surface area is 352 Å². The van der Waals surface area contributed by atoms with Gasteiger partial charge in [-0.3, -0.25) is 23.4 Å². The summed E-state index contributed by atoms with van der Waals surface area (Å²) in [5.41, 5.74) is 5.34. The second-order valence-electron chi connectivity index (χ2n) is 15.1. The van der Waals surface area contributed by atoms with Crippen LogP contribution in [0.4, 0.5) is 0 Å². The highest BCUT2D eigenvalue weighted by atomic mass is 31.2. The van der Waals surface area contributed by atoms with E-state index in [1.165, 1.54) is 83.5 Å². The lowest BCUT2D eigenvalue weighted by Gasteiger charge is -2.20. The molecule has 0 spiro atoms. The second kappa shape index (κ2) is 41.2. The number of ether oxygens (including phenoxy) is 2. The summed E-state index contributed by atoms with van der Waals surface area (Å²) in [5.74, 6) is -2.40. The predicted molar refractivity (Wildman–Crippen MR) is 235 cm³/mol. The van der Waals surface area contributed by atoms with Gasteiger partial charge in [-0.2, -0.15) is 0 Å². The van der Waals surface area contributed by atoms with Crippen LogP contribution in [0.15, 0.2) is 48.6 Å². The Morgan fingerprint density at radius 1 is 0.552 bits per heavy atom. The first-order valence-electron chi connectivity index (χ1n) is 22.7. The van der Waals surface area contributed by atoms with Gasteiger partial charge in [-0.1, -0.05) is 159 Å². The Bertz CT molecular complexity index is 1170. The topological polar surface area (TPSA) is 172 Å². The lowest BCUT2D eigenvalue weighted by Crippen LogP contribution is -2.34. The number of nitrogens with two attached hydrogens (primary N) is 1. The number of allylic oxidation sites excluding steroid dienone is 8. The van der Waals surface area contributed by atoms with E-state index >= 15 is 0 Å². The standard InChI is InChI=1S/C46H82NO10P/c1-3-5-7-9-11-13-15-17-19-20-21-22-24-26-28-30-32-34-36-38-45(49)57-42(40-55-58(52,53)56-41-43(47)46(50)51)39-54-44(48)37-35-33-31-29-27-25-23-18-16-14-12-10-8-6-4-2/h6,8,12,14,17-19,23,42-43H,3-5,7,9-11,13,15-16,20-22,24-41,47H2,1-2H3,(H,50,51)(H,52,53)/b8-6-,14-12-,19-17-,23-18-/t42-,43+/m1/s1. The Balaban J connectivity index is 4.34. The molecule has 0 aromatic heterocycles. The molecular weight excluding hydrogens is 757 g/mol. The van der Waals surface area contributed by atoms with Gasteiger partial charge in [0.2, 0.25) is 0 Å². The second-order valence-corrected chi connectivity index (χ2v) is 16.6. The zero-order valence-corrected chi connectivity index (χ0v) is 37.3. The van der Waals surface area contributed by atoms with Crippen molar-refractivity contribution in [2.24, 2.45) is 5.73 Å². The van der Waals surface area contributed by atoms with E-state index in [1.807, 2.05) is 0 Å². The van der Waals surface area contributed by atoms with E-state index in [0.29, 0.717) is 12.8 Å². The fourth-order valence-electron chi connectivity index (χ4n) is 6.02. The molecule has 1 unspecified atom stereocenters. The third kappa shape index (κ3) is 40.2. The zero-order chi connectivity index (χ0) is 42.8. The maximum absolute atomic E-state index is 12.6. The molecule has 4 N–H and O–H groups in total. The zero-order valence-electron chi connectivity index (χ0n) is 36.4. The summed E-state index contributed by atoms with van der Waals surface area (Å²) in [7, 11) is -4.72. The molecule has 11 nitrogen and oxygen atoms in total. The molecule has 0 radical (unpaired) electrons. The summed E-state index contributed by atoms with van der Waals surface area (Å²) < 4.78 is 32.7. The summed E-state index contributed by atoms with van der Waals surface area (Å²) in [6, 6.07) is -1.53. The molecule has 0 aromatic carbocycles. The minimum absolute atomic E-state index is 0.154. The number of carboxylic acid groups (broad SMARTS) is 1. The van der Waals surface area contributed by atoms with Gasteiger partial charge in [0.1, 0.15) is 12.6 Å². The minimum atomic E-state index is -4.72. The van der Waals surface area contributed by atoms with Crippen molar-refractivity contribution >= 4 is 25.7 Å². The third-order valence-corrected chi connectivity index (χ3v) is 10.5. The first kappa shape index (κ1) is 55.4. The number of rotatable bonds is 42. The number of phosphoric ester groups is 1. The molecule has 0 rings (SSSR count). The summed E-state index contributed by atoms with van der Waals surface area (Å²) in [6.07, 6.45) is 46.0. The lowest BCUT2D eigenvalue weighted by atomic mass is 10.1. The summed E-state index contributed by atoms with van der Waals surface area (Å²) in [5, 5.41) is 8.89. The SMILES string of the molecule is CC/C=C\C/C=C\C/C=C\CCCCCCCC(=O)OC[C@H](COP(=O)(O)OC[C@H](N)C(=O)O)OC(=O)CCCCCCCCCCC/C=C\CCCCCCCC. The first-order chi connectivity index (χ1) is 28.1. The highest BCUT2D eigenvalue weighted by Gasteiger charge is 2.28. The smallest absolute Gasteiger partial charge is 0.472 e. The molecule has 0 fully saturated rings. The van der Waals surface area contributed by atoms with Crippen LogP contribution in [0.25, 0.3) is 0 Å². The molecule has 336 valence electrons. The number of hydrogen-bond acceptors (Lipinski definition) is 9. The fraction of sp³-hybridized carbons (Fsp3) is 0.761. The van der Waals surface area contributed by atoms with E-state index < -0.39 is 51.1 Å². The predicted octanol–water partition coefficient (Wildman–Crippen LogP) is 12.2. The van der Waals surface area contributed by atoms with Crippen LogP contribution in [0, 0.1) is 0 Å². The van der Waals surface area contributed by atoms with Crippen LogP contribution < -0.4 is 5.73 Å². The number of hydrogen-bond donors (Lipinski definition) is 3. The first-order valence-corrected chi connectivity index (χ1v) is 24.2. The molecule has 0 aliphatic rings. The van der Waals surface area contributed by atoms with E-state index in [1.54, 1.807) is 0 Å². The average molecular weight is 840 g/mol. The van der Waals surface area contributed by atoms with Crippen LogP contribution in [-0.2, 0) is 37.5 Å². The molecule has 0 amide bonds. The van der Waals surface area contributed by atoms with E-state index in [4.69, 9.17) is 24.8 Å². The Morgan fingerprint density at radius 3 is 1.47 bits per heavy atom. The third-order valence-electron chi connectivity index (χ3n) is 9.56. The van der Waals surface area contributed by atoms with Gasteiger partial charge in [0, 0.05) is 12.8 Å². The van der Waals surface area contributed by atoms with Crippen LogP contribution >= 0.6 is 7.82 Å². The maximum Gasteiger partial charge on any atom is 0.472 e. The van der Waals surface area contributed by atoms with Crippen LogP contribution in [0.3, 0.4) is 0 Å². The highest BCUT2D eigenvalue weighted by Crippen LogP contribution is 2.43. The number of phosphoric acid groups is 1. The van der Waals surface area contributed by atoms with Gasteiger partial charge in [0.25, 0.3) is 0 Å². The highest BCUT2D eigenvalue weighted by molar-refractivity contribution is 7.47. The number of aliphatic carboxylic acids is 1. The minimum Gasteiger partial charge on any atom is -0.480 e. The monoisotopic (exact) mass is 840 g/mol. The summed E-state index contributed by atoms with van der Waals surface area (Å²) >= 11 is 0. The fourth-order valence-corrected chi connectivity index (χ4v) is 6.79. The lowest BCUT2D eigenvalue weighted by molar-refractivity contribution is -0.161. The van der Waals surface area contributed by atoms with Crippen molar-refractivity contribution in [2.45, 2.75) is 206 Å². The van der Waals surface area contributed by atoms with E-state index in [9.17, 15) is 23.8 Å². The van der Waals surface area contributed by atoms with E-state index in [-0.39, 0.29) is 19.4 Å². The average Bonchev–Trinajstić information content (AvgIpc) is 3.20. The van der Waals surface area contributed by atoms with Gasteiger partial charge in [0.15, 0.2) is 6.10 Å². The number of esters is 2. The Morgan fingerprint density at radius 2 is 0.966 bits per heavy atom. The molecule has 12 heteroatoms. The van der Waals surface area contributed by atoms with Gasteiger partial charge in [-0.15, -0.1) is 0 Å². The van der Waals surface area contributed by atoms with Crippen LogP contribution in [0.1, 0.15) is 194 Å². The molecule has 0 saturated heterocycles. The van der Waals surface area contributed by atoms with E-state index in [2.05, 4.69) is 67.0 Å². The number of unbranched alkanes of at least 4 members (excludes halogenated alkanes) is 20. The Hall–Kier alpha value is -2.56. The Kier molecular flexibility index (Phi) is 39.4. The number of carboxylic acids is 1. The van der Waals surface area contributed by atoms with Crippen molar-refractivity contribution < 1.29 is 47.5 Å². The molecule has 0 bridgehead atoms. The molecule has 0 aliphatic carbocycles. The van der Waals surface area contributed by atoms with Crippen molar-refractivity contribution in [3.05, 3.63) is 48.6 Å². The maximum atomic E-state index is 12.6. The van der Waals surface area contributed by atoms with Crippen molar-refractivity contribution in [3.63, 3.8) is 0 Å². The van der Waals surface area contributed by atoms with Crippen molar-refractivity contribution in [1.29, 1.82) is 0 Å². The van der Waals surface area contributed by atoms with Gasteiger partial charge < -0.3 is 25.2 Å². The number of carbonyl (C=O) groups excluding carboxylic acids is 2. The van der Waals surface area contributed by atoms with Crippen LogP contribution in [0.2, 0.25) is 0 Å². The summed E-state index contributed by atoms with van der Waals surface area (Å²) in [6.45, 7) is 2.67. The van der Waals surface area contributed by atoms with Crippen molar-refractivity contribution in [2.75, 3.05) is 19.8 Å². The molecule has 58 heavy (non-hydrogen) atoms. The van der Waals surface area contributed by atoms with Gasteiger partial charge in [-0.25, -0.2) is 4.57 Å². The largest absolute Gasteiger partial charge is 0.480 e. The van der Waals surface area contributed by atoms with Gasteiger partial charge >= 0.3 is 25.7 Å². The van der Waals surface area contributed by atoms with Crippen LogP contribution in [-0.4, -0.2) is 59.9 Å². The molecule has 0 aliphatic heterocycles. The molecule has 0 aromatic rings. The molecule has 0 heterocycles. The quantitative estimate of drug-likeness (QED) is 0.0231. The van der Waals surface area contributed by atoms with Gasteiger partial charge in [-0.05, 0) is 70.6 Å². The molecular formula is C46H82NO10P. The molecule has 0 saturated carbocycles. The van der Waals surface area contributed by atoms with Crippen LogP contribution in [0.5, 0.6) is 0 Å². The normalized spacial score (nSPS) is 14.1. The number of carbonyl (C=O) groups is 3. The van der Waals surface area contributed by atoms with Crippen molar-refractivity contribution in [1.82, 2.24) is 0 Å². The van der Waals surface area contributed by atoms with Gasteiger partial charge in [0.05, 0.1) is 13.2 Å². The molecule has 3 atom stereocenters. The summed E-state index contributed by atoms with van der Waals surface area (Å²) in [4.78, 5) is 46.0. The van der Waals surface area contributed by atoms with E-state index in [0.717, 1.165) is 70.6 Å².